The van der Waals surface area contributed by atoms with Crippen molar-refractivity contribution in [3.63, 3.8) is 0 Å². The van der Waals surface area contributed by atoms with E-state index in [0.717, 1.165) is 32.0 Å². The number of amides is 2. The van der Waals surface area contributed by atoms with E-state index in [1.54, 1.807) is 4.90 Å². The van der Waals surface area contributed by atoms with E-state index in [-0.39, 0.29) is 6.03 Å². The fourth-order valence-corrected chi connectivity index (χ4v) is 5.31. The third-order valence-electron chi connectivity index (χ3n) is 7.18. The molecule has 24 heavy (non-hydrogen) atoms. The Morgan fingerprint density at radius 1 is 1.08 bits per heavy atom. The summed E-state index contributed by atoms with van der Waals surface area (Å²) in [5.41, 5.74) is 0.687. The summed E-state index contributed by atoms with van der Waals surface area (Å²) in [4.78, 5) is 21.9. The number of urea groups is 1. The molecule has 4 fully saturated rings. The molecule has 0 aromatic heterocycles. The summed E-state index contributed by atoms with van der Waals surface area (Å²) in [6.45, 7) is 10.3. The molecule has 2 saturated heterocycles. The average Bonchev–Trinajstić information content (AvgIpc) is 3.48. The maximum atomic E-state index is 12.5. The second-order valence-electron chi connectivity index (χ2n) is 8.92. The van der Waals surface area contributed by atoms with Crippen LogP contribution in [0, 0.1) is 11.3 Å². The first-order valence-corrected chi connectivity index (χ1v) is 9.93. The summed E-state index contributed by atoms with van der Waals surface area (Å²) < 4.78 is 0. The van der Waals surface area contributed by atoms with Gasteiger partial charge in [0.15, 0.2) is 0 Å². The van der Waals surface area contributed by atoms with E-state index in [4.69, 9.17) is 0 Å². The highest BCUT2D eigenvalue weighted by molar-refractivity contribution is 5.74. The predicted molar refractivity (Wildman–Crippen MR) is 96.1 cm³/mol. The molecule has 0 radical (unpaired) electrons. The largest absolute Gasteiger partial charge is 0.331 e. The molecule has 0 aromatic rings. The predicted octanol–water partition coefficient (Wildman–Crippen LogP) is 1.94. The van der Waals surface area contributed by atoms with E-state index >= 15 is 0 Å². The van der Waals surface area contributed by atoms with Gasteiger partial charge in [0.1, 0.15) is 0 Å². The fraction of sp³-hybridized carbons (Fsp3) is 0.947. The zero-order valence-corrected chi connectivity index (χ0v) is 15.8. The Hall–Kier alpha value is -0.810. The summed E-state index contributed by atoms with van der Waals surface area (Å²) in [5, 5.41) is 0. The van der Waals surface area contributed by atoms with Crippen LogP contribution in [0.1, 0.15) is 39.0 Å². The Bertz CT molecular complexity index is 500. The second kappa shape index (κ2) is 5.87. The van der Waals surface area contributed by atoms with Crippen molar-refractivity contribution < 1.29 is 4.79 Å². The van der Waals surface area contributed by atoms with Gasteiger partial charge < -0.3 is 14.7 Å². The van der Waals surface area contributed by atoms with E-state index in [9.17, 15) is 4.79 Å². The van der Waals surface area contributed by atoms with Gasteiger partial charge in [0.2, 0.25) is 0 Å². The second-order valence-corrected chi connectivity index (χ2v) is 8.92. The molecule has 4 rings (SSSR count). The van der Waals surface area contributed by atoms with Gasteiger partial charge in [-0.25, -0.2) is 4.79 Å². The van der Waals surface area contributed by atoms with Gasteiger partial charge in [-0.1, -0.05) is 6.92 Å². The Labute approximate surface area is 146 Å². The monoisotopic (exact) mass is 334 g/mol. The highest BCUT2D eigenvalue weighted by Gasteiger charge is 2.65. The molecule has 2 aliphatic carbocycles. The molecule has 2 spiro atoms. The molecule has 0 aromatic carbocycles. The molecular weight excluding hydrogens is 300 g/mol. The minimum atomic E-state index is 0.202. The molecular formula is C19H34N4O. The van der Waals surface area contributed by atoms with Crippen molar-refractivity contribution in [1.29, 1.82) is 0 Å². The lowest BCUT2D eigenvalue weighted by Gasteiger charge is -2.59. The van der Waals surface area contributed by atoms with Crippen LogP contribution in [0.2, 0.25) is 0 Å². The molecule has 2 heterocycles. The topological polar surface area (TPSA) is 30.0 Å². The number of piperazine rings is 1. The number of fused-ring (bicyclic) bond motifs is 1. The summed E-state index contributed by atoms with van der Waals surface area (Å²) in [5.74, 6) is 0.951. The number of piperidine rings is 1. The maximum Gasteiger partial charge on any atom is 0.319 e. The molecule has 5 nitrogen and oxygen atoms in total. The van der Waals surface area contributed by atoms with Gasteiger partial charge in [-0.15, -0.1) is 0 Å². The third kappa shape index (κ3) is 2.64. The van der Waals surface area contributed by atoms with Crippen molar-refractivity contribution in [3.8, 4) is 0 Å². The van der Waals surface area contributed by atoms with Crippen molar-refractivity contribution in [1.82, 2.24) is 19.6 Å². The summed E-state index contributed by atoms with van der Waals surface area (Å²) >= 11 is 0. The number of carbonyl (C=O) groups is 1. The highest BCUT2D eigenvalue weighted by Crippen LogP contribution is 2.61. The molecule has 2 saturated carbocycles. The molecule has 0 N–H and O–H groups in total. The molecule has 1 unspecified atom stereocenters. The third-order valence-corrected chi connectivity index (χ3v) is 7.18. The number of hydrogen-bond donors (Lipinski definition) is 0. The fourth-order valence-electron chi connectivity index (χ4n) is 5.31. The number of likely N-dealkylation sites (N-methyl/N-ethyl adjacent to an activating group) is 1. The van der Waals surface area contributed by atoms with Gasteiger partial charge in [0.25, 0.3) is 0 Å². The van der Waals surface area contributed by atoms with Crippen LogP contribution < -0.4 is 0 Å². The highest BCUT2D eigenvalue weighted by atomic mass is 16.2. The van der Waals surface area contributed by atoms with Gasteiger partial charge in [0.05, 0.1) is 0 Å². The molecule has 4 aliphatic rings. The number of hydrogen-bond acceptors (Lipinski definition) is 3. The minimum absolute atomic E-state index is 0.202. The standard InChI is InChI=1S/C19H34N4O/c1-4-21-11-12-23(13-16-5-6-16)19(15-21)9-10-22(17(24)20(2)3)14-18(19)7-8-18/h16H,4-15H2,1-3H3. The van der Waals surface area contributed by atoms with Crippen LogP contribution in [-0.4, -0.2) is 91.1 Å². The Morgan fingerprint density at radius 2 is 1.83 bits per heavy atom. The van der Waals surface area contributed by atoms with Crippen molar-refractivity contribution in [3.05, 3.63) is 0 Å². The molecule has 136 valence electrons. The van der Waals surface area contributed by atoms with Gasteiger partial charge >= 0.3 is 6.03 Å². The zero-order chi connectivity index (χ0) is 16.9. The lowest BCUT2D eigenvalue weighted by molar-refractivity contribution is -0.0869. The summed E-state index contributed by atoms with van der Waals surface area (Å²) in [6.07, 6.45) is 6.65. The molecule has 1 atom stereocenters. The first-order valence-electron chi connectivity index (χ1n) is 9.93. The molecule has 5 heteroatoms. The van der Waals surface area contributed by atoms with E-state index in [0.29, 0.717) is 11.0 Å². The summed E-state index contributed by atoms with van der Waals surface area (Å²) in [7, 11) is 3.76. The van der Waals surface area contributed by atoms with Crippen LogP contribution in [0.15, 0.2) is 0 Å². The van der Waals surface area contributed by atoms with Crippen LogP contribution in [0.5, 0.6) is 0 Å². The van der Waals surface area contributed by atoms with Crippen LogP contribution in [-0.2, 0) is 0 Å². The number of likely N-dealkylation sites (tertiary alicyclic amines) is 1. The quantitative estimate of drug-likeness (QED) is 0.790. The van der Waals surface area contributed by atoms with Crippen molar-refractivity contribution in [2.24, 2.45) is 11.3 Å². The number of rotatable bonds is 3. The van der Waals surface area contributed by atoms with E-state index < -0.39 is 0 Å². The smallest absolute Gasteiger partial charge is 0.319 e. The minimum Gasteiger partial charge on any atom is -0.331 e. The lowest BCUT2D eigenvalue weighted by Crippen LogP contribution is -2.71. The SMILES string of the molecule is CCN1CCN(CC2CC2)C2(CCN(C(=O)N(C)C)CC23CC3)C1. The average molecular weight is 335 g/mol. The number of carbonyl (C=O) groups excluding carboxylic acids is 1. The Balaban J connectivity index is 1.57. The Kier molecular flexibility index (Phi) is 4.07. The molecule has 2 amide bonds. The zero-order valence-electron chi connectivity index (χ0n) is 15.8. The van der Waals surface area contributed by atoms with Crippen LogP contribution >= 0.6 is 0 Å². The normalized spacial score (nSPS) is 33.2. The molecule has 0 bridgehead atoms. The van der Waals surface area contributed by atoms with Crippen LogP contribution in [0.25, 0.3) is 0 Å². The first kappa shape index (κ1) is 16.6. The van der Waals surface area contributed by atoms with Crippen LogP contribution in [0.4, 0.5) is 4.79 Å². The van der Waals surface area contributed by atoms with Gasteiger partial charge in [-0.2, -0.15) is 0 Å². The number of nitrogens with zero attached hydrogens (tertiary/aromatic N) is 4. The van der Waals surface area contributed by atoms with Gasteiger partial charge in [0, 0.05) is 64.3 Å². The van der Waals surface area contributed by atoms with Gasteiger partial charge in [-0.3, -0.25) is 4.90 Å². The summed E-state index contributed by atoms with van der Waals surface area (Å²) in [6, 6.07) is 0.202. The maximum absolute atomic E-state index is 12.5. The van der Waals surface area contributed by atoms with Gasteiger partial charge in [-0.05, 0) is 44.6 Å². The van der Waals surface area contributed by atoms with Crippen molar-refractivity contribution in [2.45, 2.75) is 44.6 Å². The lowest BCUT2D eigenvalue weighted by atomic mass is 9.71. The Morgan fingerprint density at radius 3 is 2.42 bits per heavy atom. The van der Waals surface area contributed by atoms with E-state index in [2.05, 4.69) is 21.6 Å². The van der Waals surface area contributed by atoms with Crippen LogP contribution in [0.3, 0.4) is 0 Å². The first-order chi connectivity index (χ1) is 11.5. The van der Waals surface area contributed by atoms with E-state index in [1.165, 1.54) is 51.9 Å². The molecule has 2 aliphatic heterocycles. The van der Waals surface area contributed by atoms with Crippen molar-refractivity contribution >= 4 is 6.03 Å². The van der Waals surface area contributed by atoms with E-state index in [1.807, 2.05) is 14.1 Å². The van der Waals surface area contributed by atoms with Crippen molar-refractivity contribution in [2.75, 3.05) is 59.9 Å².